The normalized spacial score (nSPS) is 14.6. The van der Waals surface area contributed by atoms with Crippen LogP contribution in [0, 0.1) is 6.92 Å². The van der Waals surface area contributed by atoms with E-state index in [-0.39, 0.29) is 0 Å². The van der Waals surface area contributed by atoms with Crippen LogP contribution in [0.25, 0.3) is 0 Å². The summed E-state index contributed by atoms with van der Waals surface area (Å²) in [6, 6.07) is 13.0. The van der Waals surface area contributed by atoms with Crippen LogP contribution < -0.4 is 10.2 Å². The van der Waals surface area contributed by atoms with Gasteiger partial charge in [-0.05, 0) is 49.6 Å². The van der Waals surface area contributed by atoms with Gasteiger partial charge in [-0.15, -0.1) is 0 Å². The minimum Gasteiger partial charge on any atom is -0.380 e. The Morgan fingerprint density at radius 2 is 1.80 bits per heavy atom. The second-order valence-corrected chi connectivity index (χ2v) is 5.40. The fourth-order valence-electron chi connectivity index (χ4n) is 2.58. The summed E-state index contributed by atoms with van der Waals surface area (Å²) in [5.41, 5.74) is 4.77. The number of nitrogens with one attached hydrogen (secondary N) is 1. The molecule has 0 aliphatic carbocycles. The molecule has 104 valence electrons. The maximum atomic E-state index is 4.29. The smallest absolute Gasteiger partial charge is 0.0529 e. The van der Waals surface area contributed by atoms with Gasteiger partial charge in [0, 0.05) is 31.0 Å². The molecular formula is C17H21N3. The van der Waals surface area contributed by atoms with Crippen molar-refractivity contribution in [2.24, 2.45) is 0 Å². The van der Waals surface area contributed by atoms with E-state index >= 15 is 0 Å². The van der Waals surface area contributed by atoms with Gasteiger partial charge in [-0.25, -0.2) is 0 Å². The number of hydrogen-bond acceptors (Lipinski definition) is 3. The van der Waals surface area contributed by atoms with Crippen molar-refractivity contribution < 1.29 is 0 Å². The van der Waals surface area contributed by atoms with E-state index in [1.54, 1.807) is 0 Å². The standard InChI is InChI=1S/C17H21N3/c1-14-4-7-16(13-18-14)19-12-15-5-8-17(9-6-15)20-10-2-3-11-20/h4-9,13,19H,2-3,10-12H2,1H3. The molecule has 0 saturated carbocycles. The molecule has 0 radical (unpaired) electrons. The van der Waals surface area contributed by atoms with Gasteiger partial charge in [0.1, 0.15) is 0 Å². The molecule has 1 saturated heterocycles. The summed E-state index contributed by atoms with van der Waals surface area (Å²) < 4.78 is 0. The van der Waals surface area contributed by atoms with Gasteiger partial charge in [-0.3, -0.25) is 4.98 Å². The zero-order valence-electron chi connectivity index (χ0n) is 12.0. The molecule has 1 aliphatic heterocycles. The van der Waals surface area contributed by atoms with Crippen LogP contribution in [0.15, 0.2) is 42.6 Å². The SMILES string of the molecule is Cc1ccc(NCc2ccc(N3CCCC3)cc2)cn1. The average Bonchev–Trinajstić information content (AvgIpc) is 3.01. The molecule has 0 unspecified atom stereocenters. The molecule has 0 spiro atoms. The lowest BCUT2D eigenvalue weighted by Gasteiger charge is -2.17. The van der Waals surface area contributed by atoms with Crippen molar-refractivity contribution in [3.8, 4) is 0 Å². The summed E-state index contributed by atoms with van der Waals surface area (Å²) in [5, 5.41) is 3.40. The van der Waals surface area contributed by atoms with Crippen molar-refractivity contribution in [2.45, 2.75) is 26.3 Å². The number of rotatable bonds is 4. The Morgan fingerprint density at radius 3 is 2.45 bits per heavy atom. The van der Waals surface area contributed by atoms with Crippen LogP contribution in [0.5, 0.6) is 0 Å². The van der Waals surface area contributed by atoms with Crippen LogP contribution in [0.2, 0.25) is 0 Å². The van der Waals surface area contributed by atoms with Gasteiger partial charge in [-0.1, -0.05) is 12.1 Å². The molecule has 0 atom stereocenters. The lowest BCUT2D eigenvalue weighted by Crippen LogP contribution is -2.17. The maximum Gasteiger partial charge on any atom is 0.0529 e. The second-order valence-electron chi connectivity index (χ2n) is 5.40. The number of nitrogens with zero attached hydrogens (tertiary/aromatic N) is 2. The molecule has 3 heteroatoms. The van der Waals surface area contributed by atoms with E-state index in [9.17, 15) is 0 Å². The van der Waals surface area contributed by atoms with Crippen LogP contribution >= 0.6 is 0 Å². The Morgan fingerprint density at radius 1 is 1.05 bits per heavy atom. The lowest BCUT2D eigenvalue weighted by atomic mass is 10.2. The molecule has 0 bridgehead atoms. The van der Waals surface area contributed by atoms with Crippen LogP contribution in [-0.4, -0.2) is 18.1 Å². The van der Waals surface area contributed by atoms with Crippen molar-refractivity contribution in [3.05, 3.63) is 53.9 Å². The summed E-state index contributed by atoms with van der Waals surface area (Å²) in [4.78, 5) is 6.75. The van der Waals surface area contributed by atoms with E-state index in [0.717, 1.165) is 17.9 Å². The highest BCUT2D eigenvalue weighted by Gasteiger charge is 2.11. The Bertz CT molecular complexity index is 539. The summed E-state index contributed by atoms with van der Waals surface area (Å²) in [5.74, 6) is 0. The predicted octanol–water partition coefficient (Wildman–Crippen LogP) is 3.60. The number of benzene rings is 1. The molecule has 1 N–H and O–H groups in total. The van der Waals surface area contributed by atoms with Crippen LogP contribution in [0.3, 0.4) is 0 Å². The first-order valence-corrected chi connectivity index (χ1v) is 7.32. The first kappa shape index (κ1) is 13.0. The molecular weight excluding hydrogens is 246 g/mol. The minimum atomic E-state index is 0.838. The molecule has 1 aliphatic rings. The van der Waals surface area contributed by atoms with Gasteiger partial charge in [0.2, 0.25) is 0 Å². The van der Waals surface area contributed by atoms with Gasteiger partial charge < -0.3 is 10.2 Å². The number of aromatic nitrogens is 1. The van der Waals surface area contributed by atoms with Crippen molar-refractivity contribution in [2.75, 3.05) is 23.3 Å². The summed E-state index contributed by atoms with van der Waals surface area (Å²) in [7, 11) is 0. The Labute approximate surface area is 120 Å². The van der Waals surface area contributed by atoms with Gasteiger partial charge in [-0.2, -0.15) is 0 Å². The highest BCUT2D eigenvalue weighted by Crippen LogP contribution is 2.20. The monoisotopic (exact) mass is 267 g/mol. The van der Waals surface area contributed by atoms with E-state index < -0.39 is 0 Å². The quantitative estimate of drug-likeness (QED) is 0.917. The highest BCUT2D eigenvalue weighted by molar-refractivity contribution is 5.49. The highest BCUT2D eigenvalue weighted by atomic mass is 15.1. The molecule has 3 nitrogen and oxygen atoms in total. The number of anilines is 2. The predicted molar refractivity (Wildman–Crippen MR) is 84.2 cm³/mol. The van der Waals surface area contributed by atoms with Crippen molar-refractivity contribution >= 4 is 11.4 Å². The Kier molecular flexibility index (Phi) is 3.86. The van der Waals surface area contributed by atoms with Crippen LogP contribution in [0.4, 0.5) is 11.4 Å². The molecule has 20 heavy (non-hydrogen) atoms. The van der Waals surface area contributed by atoms with Crippen molar-refractivity contribution in [1.29, 1.82) is 0 Å². The van der Waals surface area contributed by atoms with Crippen LogP contribution in [-0.2, 0) is 6.54 Å². The Hall–Kier alpha value is -2.03. The topological polar surface area (TPSA) is 28.2 Å². The average molecular weight is 267 g/mol. The molecule has 2 heterocycles. The Balaban J connectivity index is 1.59. The zero-order valence-corrected chi connectivity index (χ0v) is 12.0. The molecule has 0 amide bonds. The summed E-state index contributed by atoms with van der Waals surface area (Å²) >= 11 is 0. The molecule has 3 rings (SSSR count). The minimum absolute atomic E-state index is 0.838. The first-order valence-electron chi connectivity index (χ1n) is 7.32. The molecule has 1 fully saturated rings. The van der Waals surface area contributed by atoms with Crippen LogP contribution in [0.1, 0.15) is 24.1 Å². The van der Waals surface area contributed by atoms with Crippen molar-refractivity contribution in [1.82, 2.24) is 4.98 Å². The van der Waals surface area contributed by atoms with Gasteiger partial charge >= 0.3 is 0 Å². The number of pyridine rings is 1. The van der Waals surface area contributed by atoms with E-state index in [1.807, 2.05) is 19.2 Å². The summed E-state index contributed by atoms with van der Waals surface area (Å²) in [6.45, 7) is 5.24. The third-order valence-electron chi connectivity index (χ3n) is 3.82. The largest absolute Gasteiger partial charge is 0.380 e. The molecule has 1 aromatic carbocycles. The van der Waals surface area contributed by atoms with E-state index in [2.05, 4.69) is 45.5 Å². The van der Waals surface area contributed by atoms with E-state index in [0.29, 0.717) is 0 Å². The summed E-state index contributed by atoms with van der Waals surface area (Å²) in [6.07, 6.45) is 4.53. The zero-order chi connectivity index (χ0) is 13.8. The van der Waals surface area contributed by atoms with Gasteiger partial charge in [0.25, 0.3) is 0 Å². The van der Waals surface area contributed by atoms with E-state index in [1.165, 1.54) is 37.2 Å². The number of aryl methyl sites for hydroxylation is 1. The number of hydrogen-bond donors (Lipinski definition) is 1. The third-order valence-corrected chi connectivity index (χ3v) is 3.82. The second kappa shape index (κ2) is 5.95. The van der Waals surface area contributed by atoms with Gasteiger partial charge in [0.05, 0.1) is 11.9 Å². The van der Waals surface area contributed by atoms with Crippen molar-refractivity contribution in [3.63, 3.8) is 0 Å². The van der Waals surface area contributed by atoms with Gasteiger partial charge in [0.15, 0.2) is 0 Å². The first-order chi connectivity index (χ1) is 9.81. The fraction of sp³-hybridized carbons (Fsp3) is 0.353. The van der Waals surface area contributed by atoms with E-state index in [4.69, 9.17) is 0 Å². The maximum absolute atomic E-state index is 4.29. The fourth-order valence-corrected chi connectivity index (χ4v) is 2.58. The molecule has 2 aromatic rings. The molecule has 1 aromatic heterocycles. The third kappa shape index (κ3) is 3.10. The lowest BCUT2D eigenvalue weighted by molar-refractivity contribution is 0.949.